The van der Waals surface area contributed by atoms with E-state index in [-0.39, 0.29) is 11.3 Å². The van der Waals surface area contributed by atoms with Crippen LogP contribution in [0.5, 0.6) is 5.75 Å². The largest absolute Gasteiger partial charge is 0.573 e. The first kappa shape index (κ1) is 24.2. The van der Waals surface area contributed by atoms with Gasteiger partial charge in [-0.05, 0) is 78.9 Å². The third kappa shape index (κ3) is 5.43. The summed E-state index contributed by atoms with van der Waals surface area (Å²) < 4.78 is 84.5. The van der Waals surface area contributed by atoms with E-state index in [1.807, 2.05) is 0 Å². The Morgan fingerprint density at radius 3 is 2.33 bits per heavy atom. The molecule has 0 bridgehead atoms. The van der Waals surface area contributed by atoms with Crippen LogP contribution in [-0.2, 0) is 0 Å². The van der Waals surface area contributed by atoms with Crippen molar-refractivity contribution in [2.75, 3.05) is 0 Å². The fourth-order valence-electron chi connectivity index (χ4n) is 6.09. The van der Waals surface area contributed by atoms with E-state index in [0.717, 1.165) is 37.7 Å². The van der Waals surface area contributed by atoms with Crippen LogP contribution in [0.3, 0.4) is 0 Å². The molecule has 0 saturated heterocycles. The molecule has 1 nitrogen and oxygen atoms in total. The van der Waals surface area contributed by atoms with E-state index in [1.54, 1.807) is 0 Å². The molecule has 2 aromatic carbocycles. The van der Waals surface area contributed by atoms with Crippen LogP contribution in [0.15, 0.2) is 18.2 Å². The van der Waals surface area contributed by atoms with E-state index in [9.17, 15) is 26.3 Å². The van der Waals surface area contributed by atoms with Gasteiger partial charge in [0.25, 0.3) is 0 Å². The van der Waals surface area contributed by atoms with E-state index in [0.29, 0.717) is 17.4 Å². The first-order valence-electron chi connectivity index (χ1n) is 12.0. The number of alkyl halides is 3. The molecule has 0 aromatic heterocycles. The van der Waals surface area contributed by atoms with E-state index < -0.39 is 34.9 Å². The molecular formula is C26H30F6O. The predicted octanol–water partition coefficient (Wildman–Crippen LogP) is 9.04. The van der Waals surface area contributed by atoms with Crippen molar-refractivity contribution < 1.29 is 31.1 Å². The summed E-state index contributed by atoms with van der Waals surface area (Å²) in [7, 11) is 0. The van der Waals surface area contributed by atoms with Crippen LogP contribution in [0.2, 0.25) is 0 Å². The second kappa shape index (κ2) is 9.75. The summed E-state index contributed by atoms with van der Waals surface area (Å²) in [5.41, 5.74) is 0.659. The standard InChI is InChI=1S/C26H30F6O/c1-2-3-4-5-15-6-7-17-11-18(9-8-16(17)10-15)19-12-20-14-22(28)25(33-26(30,31)32)24(29)23(20)21(27)13-19/h12-18H,2-11H2,1H3/t15-,16?,17-,18?/m1/s1. The SMILES string of the molecule is CCCCC[C@@H]1CC[C@@H]2CC(c3cc(F)c4c(F)c(OC(F)(F)F)c(F)cc4c3)CCC2C1. The maximum Gasteiger partial charge on any atom is 0.573 e. The topological polar surface area (TPSA) is 9.23 Å². The van der Waals surface area contributed by atoms with Crippen LogP contribution < -0.4 is 4.74 Å². The van der Waals surface area contributed by atoms with Crippen molar-refractivity contribution in [3.8, 4) is 5.75 Å². The van der Waals surface area contributed by atoms with Gasteiger partial charge in [-0.1, -0.05) is 45.1 Å². The molecule has 2 aliphatic carbocycles. The Kier molecular flexibility index (Phi) is 7.15. The lowest BCUT2D eigenvalue weighted by molar-refractivity contribution is -0.276. The maximum absolute atomic E-state index is 14.8. The Balaban J connectivity index is 1.51. The Bertz CT molecular complexity index is 985. The minimum absolute atomic E-state index is 0.0824. The fraction of sp³-hybridized carbons (Fsp3) is 0.615. The highest BCUT2D eigenvalue weighted by Crippen LogP contribution is 2.49. The number of rotatable bonds is 6. The van der Waals surface area contributed by atoms with Gasteiger partial charge in [-0.15, -0.1) is 13.2 Å². The van der Waals surface area contributed by atoms with E-state index in [4.69, 9.17) is 0 Å². The van der Waals surface area contributed by atoms with Gasteiger partial charge < -0.3 is 4.74 Å². The van der Waals surface area contributed by atoms with E-state index in [1.165, 1.54) is 50.7 Å². The van der Waals surface area contributed by atoms with Crippen LogP contribution in [-0.4, -0.2) is 6.36 Å². The van der Waals surface area contributed by atoms with Crippen molar-refractivity contribution in [2.45, 2.75) is 83.4 Å². The summed E-state index contributed by atoms with van der Waals surface area (Å²) in [6.07, 6.45) is 6.32. The molecular weight excluding hydrogens is 442 g/mol. The lowest BCUT2D eigenvalue weighted by atomic mass is 9.63. The van der Waals surface area contributed by atoms with Crippen LogP contribution >= 0.6 is 0 Å². The second-order valence-corrected chi connectivity index (χ2v) is 9.86. The van der Waals surface area contributed by atoms with Crippen molar-refractivity contribution >= 4 is 10.8 Å². The maximum atomic E-state index is 14.8. The monoisotopic (exact) mass is 472 g/mol. The number of hydrogen-bond donors (Lipinski definition) is 0. The van der Waals surface area contributed by atoms with Crippen molar-refractivity contribution in [1.82, 2.24) is 0 Å². The average Bonchev–Trinajstić information content (AvgIpc) is 2.75. The van der Waals surface area contributed by atoms with Gasteiger partial charge in [-0.25, -0.2) is 13.2 Å². The van der Waals surface area contributed by atoms with E-state index in [2.05, 4.69) is 11.7 Å². The fourth-order valence-corrected chi connectivity index (χ4v) is 6.09. The van der Waals surface area contributed by atoms with Gasteiger partial charge in [0.15, 0.2) is 11.6 Å². The molecule has 2 fully saturated rings. The van der Waals surface area contributed by atoms with Gasteiger partial charge in [0, 0.05) is 0 Å². The van der Waals surface area contributed by atoms with Crippen LogP contribution in [0.1, 0.15) is 82.6 Å². The minimum Gasteiger partial charge on any atom is -0.399 e. The third-order valence-electron chi connectivity index (χ3n) is 7.69. The lowest BCUT2D eigenvalue weighted by Gasteiger charge is -2.42. The molecule has 2 unspecified atom stereocenters. The molecule has 0 N–H and O–H groups in total. The van der Waals surface area contributed by atoms with Crippen molar-refractivity contribution in [3.05, 3.63) is 41.2 Å². The highest BCUT2D eigenvalue weighted by Gasteiger charge is 2.37. The first-order chi connectivity index (χ1) is 15.7. The number of hydrogen-bond acceptors (Lipinski definition) is 1. The number of unbranched alkanes of at least 4 members (excludes halogenated alkanes) is 2. The molecule has 2 aliphatic rings. The average molecular weight is 473 g/mol. The summed E-state index contributed by atoms with van der Waals surface area (Å²) in [4.78, 5) is 0. The summed E-state index contributed by atoms with van der Waals surface area (Å²) in [6, 6.07) is 3.44. The van der Waals surface area contributed by atoms with Crippen LogP contribution in [0.25, 0.3) is 10.8 Å². The number of benzene rings is 2. The molecule has 2 saturated carbocycles. The second-order valence-electron chi connectivity index (χ2n) is 9.86. The zero-order valence-corrected chi connectivity index (χ0v) is 18.8. The summed E-state index contributed by atoms with van der Waals surface area (Å²) in [5, 5.41) is -0.767. The summed E-state index contributed by atoms with van der Waals surface area (Å²) >= 11 is 0. The first-order valence-corrected chi connectivity index (χ1v) is 12.0. The molecule has 182 valence electrons. The smallest absolute Gasteiger partial charge is 0.399 e. The number of halogens is 6. The van der Waals surface area contributed by atoms with Gasteiger partial charge >= 0.3 is 6.36 Å². The van der Waals surface area contributed by atoms with Crippen molar-refractivity contribution in [2.24, 2.45) is 17.8 Å². The molecule has 4 atom stereocenters. The Labute approximate surface area is 190 Å². The zero-order valence-electron chi connectivity index (χ0n) is 18.8. The molecule has 0 aliphatic heterocycles. The van der Waals surface area contributed by atoms with Gasteiger partial charge in [0.1, 0.15) is 5.82 Å². The van der Waals surface area contributed by atoms with Gasteiger partial charge in [0.2, 0.25) is 5.75 Å². The van der Waals surface area contributed by atoms with Crippen molar-refractivity contribution in [3.63, 3.8) is 0 Å². The molecule has 0 spiro atoms. The number of fused-ring (bicyclic) bond motifs is 2. The lowest BCUT2D eigenvalue weighted by Crippen LogP contribution is -2.30. The highest BCUT2D eigenvalue weighted by atomic mass is 19.4. The predicted molar refractivity (Wildman–Crippen MR) is 116 cm³/mol. The van der Waals surface area contributed by atoms with Gasteiger partial charge in [-0.2, -0.15) is 0 Å². The summed E-state index contributed by atoms with van der Waals surface area (Å²) in [5.74, 6) is -3.66. The third-order valence-corrected chi connectivity index (χ3v) is 7.69. The molecule has 2 aromatic rings. The van der Waals surface area contributed by atoms with Gasteiger partial charge in [-0.3, -0.25) is 0 Å². The highest BCUT2D eigenvalue weighted by molar-refractivity contribution is 5.86. The normalized spacial score (nSPS) is 25.8. The Hall–Kier alpha value is -1.92. The van der Waals surface area contributed by atoms with Gasteiger partial charge in [0.05, 0.1) is 5.39 Å². The van der Waals surface area contributed by atoms with Crippen molar-refractivity contribution in [1.29, 1.82) is 0 Å². The summed E-state index contributed by atoms with van der Waals surface area (Å²) in [6.45, 7) is 2.21. The molecule has 7 heteroatoms. The molecule has 0 radical (unpaired) electrons. The molecule has 0 amide bonds. The molecule has 33 heavy (non-hydrogen) atoms. The quantitative estimate of drug-likeness (QED) is 0.301. The number of ether oxygens (including phenoxy) is 1. The molecule has 0 heterocycles. The minimum atomic E-state index is -5.28. The Morgan fingerprint density at radius 1 is 0.879 bits per heavy atom. The van der Waals surface area contributed by atoms with E-state index >= 15 is 0 Å². The Morgan fingerprint density at radius 2 is 1.61 bits per heavy atom. The van der Waals surface area contributed by atoms with Crippen LogP contribution in [0, 0.1) is 35.2 Å². The van der Waals surface area contributed by atoms with Crippen LogP contribution in [0.4, 0.5) is 26.3 Å². The zero-order chi connectivity index (χ0) is 23.8. The molecule has 4 rings (SSSR count).